The lowest BCUT2D eigenvalue weighted by atomic mass is 9.82. The van der Waals surface area contributed by atoms with Crippen LogP contribution in [0.4, 0.5) is 0 Å². The van der Waals surface area contributed by atoms with Gasteiger partial charge in [0.25, 0.3) is 0 Å². The van der Waals surface area contributed by atoms with Crippen LogP contribution in [0, 0.1) is 18.8 Å². The Bertz CT molecular complexity index is 1500. The molecular formula is C30H28NO+. The second-order valence-electron chi connectivity index (χ2n) is 10.8. The molecular weight excluding hydrogens is 390 g/mol. The summed E-state index contributed by atoms with van der Waals surface area (Å²) in [4.78, 5) is 0. The highest BCUT2D eigenvalue weighted by Crippen LogP contribution is 2.56. The third-order valence-electron chi connectivity index (χ3n) is 9.21. The van der Waals surface area contributed by atoms with E-state index in [2.05, 4.69) is 61.1 Å². The minimum Gasteiger partial charge on any atom is -0.455 e. The van der Waals surface area contributed by atoms with Gasteiger partial charge in [0.05, 0.1) is 10.9 Å². The van der Waals surface area contributed by atoms with E-state index in [1.165, 1.54) is 80.7 Å². The van der Waals surface area contributed by atoms with Crippen LogP contribution in [0.5, 0.6) is 11.5 Å². The summed E-state index contributed by atoms with van der Waals surface area (Å²) in [5.41, 5.74) is 8.40. The van der Waals surface area contributed by atoms with Gasteiger partial charge in [-0.25, -0.2) is 4.57 Å². The molecule has 0 spiro atoms. The SMILES string of the molecule is Cc1c2c(c3c4c(cccc14)CC3)Oc1cc(C3CC4CCC3C4)cc3cc[n+](C)c-2c13. The predicted octanol–water partition coefficient (Wildman–Crippen LogP) is 6.90. The van der Waals surface area contributed by atoms with E-state index < -0.39 is 0 Å². The minimum absolute atomic E-state index is 0.719. The molecule has 2 heterocycles. The van der Waals surface area contributed by atoms with Crippen LogP contribution in [0.1, 0.15) is 53.9 Å². The highest BCUT2D eigenvalue weighted by molar-refractivity contribution is 6.07. The molecule has 3 atom stereocenters. The van der Waals surface area contributed by atoms with Gasteiger partial charge in [-0.3, -0.25) is 0 Å². The van der Waals surface area contributed by atoms with Crippen molar-refractivity contribution >= 4 is 21.5 Å². The molecule has 1 aliphatic heterocycles. The molecule has 32 heavy (non-hydrogen) atoms. The number of ether oxygens (including phenoxy) is 1. The van der Waals surface area contributed by atoms with Gasteiger partial charge >= 0.3 is 0 Å². The fourth-order valence-corrected chi connectivity index (χ4v) is 7.79. The first kappa shape index (κ1) is 17.7. The maximum absolute atomic E-state index is 6.92. The topological polar surface area (TPSA) is 13.1 Å². The number of aryl methyl sites for hydroxylation is 4. The van der Waals surface area contributed by atoms with Crippen LogP contribution in [0.15, 0.2) is 42.6 Å². The largest absolute Gasteiger partial charge is 0.455 e. The second-order valence-corrected chi connectivity index (χ2v) is 10.8. The Morgan fingerprint density at radius 1 is 1.00 bits per heavy atom. The monoisotopic (exact) mass is 418 g/mol. The zero-order valence-electron chi connectivity index (χ0n) is 18.9. The molecule has 2 heteroatoms. The van der Waals surface area contributed by atoms with Crippen LogP contribution in [-0.2, 0) is 19.9 Å². The molecule has 4 aliphatic rings. The zero-order chi connectivity index (χ0) is 21.1. The Labute approximate surface area is 188 Å². The summed E-state index contributed by atoms with van der Waals surface area (Å²) < 4.78 is 9.23. The Kier molecular flexibility index (Phi) is 3.27. The normalized spacial score (nSPS) is 24.4. The minimum atomic E-state index is 0.719. The van der Waals surface area contributed by atoms with E-state index in [4.69, 9.17) is 4.74 Å². The van der Waals surface area contributed by atoms with Crippen LogP contribution >= 0.6 is 0 Å². The summed E-state index contributed by atoms with van der Waals surface area (Å²) in [6.45, 7) is 2.29. The molecule has 4 aromatic rings. The first-order valence-electron chi connectivity index (χ1n) is 12.4. The van der Waals surface area contributed by atoms with Crippen molar-refractivity contribution < 1.29 is 9.30 Å². The summed E-state index contributed by atoms with van der Waals surface area (Å²) in [5, 5.41) is 5.48. The van der Waals surface area contributed by atoms with Gasteiger partial charge in [-0.1, -0.05) is 30.7 Å². The quantitative estimate of drug-likeness (QED) is 0.270. The maximum atomic E-state index is 6.92. The van der Waals surface area contributed by atoms with E-state index in [9.17, 15) is 0 Å². The lowest BCUT2D eigenvalue weighted by molar-refractivity contribution is -0.659. The van der Waals surface area contributed by atoms with E-state index in [0.717, 1.165) is 42.1 Å². The van der Waals surface area contributed by atoms with E-state index in [1.807, 2.05) is 0 Å². The molecule has 3 unspecified atom stereocenters. The molecule has 2 nitrogen and oxygen atoms in total. The highest BCUT2D eigenvalue weighted by atomic mass is 16.5. The molecule has 2 saturated carbocycles. The first-order valence-corrected chi connectivity index (χ1v) is 12.4. The van der Waals surface area contributed by atoms with Crippen molar-refractivity contribution in [2.24, 2.45) is 18.9 Å². The highest BCUT2D eigenvalue weighted by Gasteiger charge is 2.41. The number of pyridine rings is 1. The maximum Gasteiger partial charge on any atom is 0.228 e. The summed E-state index contributed by atoms with van der Waals surface area (Å²) in [6, 6.07) is 14.0. The summed E-state index contributed by atoms with van der Waals surface area (Å²) in [6.07, 6.45) is 10.1. The van der Waals surface area contributed by atoms with Crippen LogP contribution < -0.4 is 9.30 Å². The van der Waals surface area contributed by atoms with E-state index in [0.29, 0.717) is 0 Å². The Morgan fingerprint density at radius 3 is 2.78 bits per heavy atom. The predicted molar refractivity (Wildman–Crippen MR) is 128 cm³/mol. The van der Waals surface area contributed by atoms with Crippen molar-refractivity contribution in [3.8, 4) is 22.8 Å². The number of fused-ring (bicyclic) bond motifs is 5. The molecule has 2 fully saturated rings. The van der Waals surface area contributed by atoms with Crippen molar-refractivity contribution in [2.75, 3.05) is 0 Å². The summed E-state index contributed by atoms with van der Waals surface area (Å²) in [7, 11) is 2.19. The molecule has 2 bridgehead atoms. The van der Waals surface area contributed by atoms with Crippen LogP contribution in [0.3, 0.4) is 0 Å². The average molecular weight is 419 g/mol. The molecule has 1 aromatic heterocycles. The molecule has 158 valence electrons. The van der Waals surface area contributed by atoms with Crippen LogP contribution in [0.2, 0.25) is 0 Å². The van der Waals surface area contributed by atoms with E-state index in [1.54, 1.807) is 0 Å². The third kappa shape index (κ3) is 2.09. The van der Waals surface area contributed by atoms with Crippen molar-refractivity contribution in [1.82, 2.24) is 0 Å². The van der Waals surface area contributed by atoms with Gasteiger partial charge in [-0.2, -0.15) is 0 Å². The molecule has 0 saturated heterocycles. The van der Waals surface area contributed by atoms with Crippen LogP contribution in [-0.4, -0.2) is 0 Å². The fourth-order valence-electron chi connectivity index (χ4n) is 7.79. The van der Waals surface area contributed by atoms with Gasteiger partial charge < -0.3 is 4.74 Å². The van der Waals surface area contributed by atoms with Crippen molar-refractivity contribution in [3.63, 3.8) is 0 Å². The van der Waals surface area contributed by atoms with Gasteiger partial charge in [0.15, 0.2) is 6.20 Å². The number of benzene rings is 3. The molecule has 0 radical (unpaired) electrons. The fraction of sp³-hybridized carbons (Fsp3) is 0.367. The number of hydrogen-bond donors (Lipinski definition) is 0. The van der Waals surface area contributed by atoms with Gasteiger partial charge in [-0.05, 0) is 95.7 Å². The van der Waals surface area contributed by atoms with Gasteiger partial charge in [0.2, 0.25) is 5.69 Å². The number of aromatic nitrogens is 1. The molecule has 0 N–H and O–H groups in total. The zero-order valence-corrected chi connectivity index (χ0v) is 18.9. The first-order chi connectivity index (χ1) is 15.7. The lowest BCUT2D eigenvalue weighted by Gasteiger charge is -2.27. The number of hydrogen-bond acceptors (Lipinski definition) is 1. The number of nitrogens with zero attached hydrogens (tertiary/aromatic N) is 1. The van der Waals surface area contributed by atoms with E-state index >= 15 is 0 Å². The van der Waals surface area contributed by atoms with Crippen molar-refractivity contribution in [1.29, 1.82) is 0 Å². The van der Waals surface area contributed by atoms with Gasteiger partial charge in [0, 0.05) is 11.6 Å². The standard InChI is InChI=1S/C30H28NO/c1-16-22-5-3-4-18-8-9-23(27(18)22)30-26(16)29-28-20(10-11-31(29)2)14-21(15-25(28)32-30)24-13-17-6-7-19(24)12-17/h3-5,10-11,14-15,17,19,24H,6-9,12-13H2,1-2H3/q+1. The summed E-state index contributed by atoms with van der Waals surface area (Å²) in [5.74, 6) is 4.76. The molecule has 0 amide bonds. The van der Waals surface area contributed by atoms with E-state index in [-0.39, 0.29) is 0 Å². The van der Waals surface area contributed by atoms with Gasteiger partial charge in [0.1, 0.15) is 18.5 Å². The Balaban J connectivity index is 1.44. The molecule has 3 aromatic carbocycles. The smallest absolute Gasteiger partial charge is 0.228 e. The molecule has 8 rings (SSSR count). The Hall–Kier alpha value is -2.87. The van der Waals surface area contributed by atoms with Gasteiger partial charge in [-0.15, -0.1) is 0 Å². The van der Waals surface area contributed by atoms with Crippen LogP contribution in [0.25, 0.3) is 32.8 Å². The Morgan fingerprint density at radius 2 is 1.94 bits per heavy atom. The van der Waals surface area contributed by atoms with Crippen molar-refractivity contribution in [3.05, 3.63) is 64.8 Å². The van der Waals surface area contributed by atoms with Crippen molar-refractivity contribution in [2.45, 2.75) is 51.4 Å². The number of rotatable bonds is 1. The average Bonchev–Trinajstić information content (AvgIpc) is 3.55. The molecule has 3 aliphatic carbocycles. The lowest BCUT2D eigenvalue weighted by Crippen LogP contribution is -2.32. The third-order valence-corrected chi connectivity index (χ3v) is 9.21. The second kappa shape index (κ2) is 5.92. The summed E-state index contributed by atoms with van der Waals surface area (Å²) >= 11 is 0.